The quantitative estimate of drug-likeness (QED) is 0.142. The van der Waals surface area contributed by atoms with Gasteiger partial charge >= 0.3 is 15.6 Å². The number of rotatable bonds is 2. The van der Waals surface area contributed by atoms with Gasteiger partial charge in [-0.05, 0) is 0 Å². The van der Waals surface area contributed by atoms with Crippen LogP contribution in [0.1, 0.15) is 12.5 Å². The summed E-state index contributed by atoms with van der Waals surface area (Å²) >= 11 is 0. The molecule has 0 aliphatic carbocycles. The van der Waals surface area contributed by atoms with Gasteiger partial charge in [0.05, 0.1) is 25.9 Å². The van der Waals surface area contributed by atoms with Crippen molar-refractivity contribution >= 4 is 49.6 Å². The van der Waals surface area contributed by atoms with E-state index in [0.29, 0.717) is 0 Å². The zero-order chi connectivity index (χ0) is 32.8. The number of hydrogen-bond acceptors (Lipinski definition) is 16. The number of halogens is 1. The summed E-state index contributed by atoms with van der Waals surface area (Å²) in [6.07, 6.45) is -7.38. The molecule has 25 heteroatoms. The lowest BCUT2D eigenvalue weighted by atomic mass is 10.1. The molecule has 8 rings (SSSR count). The van der Waals surface area contributed by atoms with Crippen LogP contribution in [0.4, 0.5) is 10.2 Å². The lowest BCUT2D eigenvalue weighted by Gasteiger charge is -2.25. The minimum Gasteiger partial charge on any atom is -0.387 e. The Morgan fingerprint density at radius 2 is 1.60 bits per heavy atom. The third-order valence-electron chi connectivity index (χ3n) is 7.91. The molecule has 3 fully saturated rings. The Morgan fingerprint density at radius 3 is 2.38 bits per heavy atom. The number of nitrogens with two attached hydrogens (primary N) is 1. The van der Waals surface area contributed by atoms with Crippen LogP contribution in [0.25, 0.3) is 28.1 Å². The molecule has 6 N–H and O–H groups in total. The molecular formula is C22H23FN10O12P2. The van der Waals surface area contributed by atoms with Gasteiger partial charge in [-0.15, -0.1) is 0 Å². The second-order valence-corrected chi connectivity index (χ2v) is 13.5. The average molecular weight is 700 g/mol. The molecule has 0 aromatic carbocycles. The molecule has 5 aromatic heterocycles. The van der Waals surface area contributed by atoms with E-state index in [1.165, 1.54) is 27.7 Å². The van der Waals surface area contributed by atoms with Crippen molar-refractivity contribution in [1.29, 1.82) is 0 Å². The predicted octanol–water partition coefficient (Wildman–Crippen LogP) is -0.694. The molecule has 5 aromatic rings. The van der Waals surface area contributed by atoms with E-state index < -0.39 is 83.6 Å². The third kappa shape index (κ3) is 5.07. The molecule has 47 heavy (non-hydrogen) atoms. The largest absolute Gasteiger partial charge is 0.472 e. The van der Waals surface area contributed by atoms with Gasteiger partial charge in [0.1, 0.15) is 42.4 Å². The van der Waals surface area contributed by atoms with Gasteiger partial charge in [-0.25, -0.2) is 38.4 Å². The number of nitrogens with one attached hydrogen (secondary N) is 1. The number of aromatic nitrogens is 9. The van der Waals surface area contributed by atoms with E-state index in [0.717, 1.165) is 17.2 Å². The molecule has 8 heterocycles. The number of aliphatic hydroxyl groups is 1. The molecule has 2 bridgehead atoms. The fourth-order valence-electron chi connectivity index (χ4n) is 5.80. The minimum atomic E-state index is -5.16. The highest BCUT2D eigenvalue weighted by atomic mass is 31.2. The number of H-pyrrole nitrogens is 1. The number of anilines is 1. The van der Waals surface area contributed by atoms with Crippen molar-refractivity contribution in [1.82, 2.24) is 43.4 Å². The van der Waals surface area contributed by atoms with Gasteiger partial charge in [-0.1, -0.05) is 0 Å². The average Bonchev–Trinajstić information content (AvgIpc) is 3.84. The second-order valence-electron chi connectivity index (χ2n) is 10.7. The van der Waals surface area contributed by atoms with Crippen molar-refractivity contribution < 1.29 is 56.0 Å². The van der Waals surface area contributed by atoms with Gasteiger partial charge < -0.3 is 30.1 Å². The Morgan fingerprint density at radius 1 is 0.915 bits per heavy atom. The number of nitrogen functional groups attached to an aromatic ring is 1. The van der Waals surface area contributed by atoms with Crippen molar-refractivity contribution in [3.8, 4) is 0 Å². The van der Waals surface area contributed by atoms with Gasteiger partial charge in [-0.2, -0.15) is 0 Å². The van der Waals surface area contributed by atoms with Crippen molar-refractivity contribution in [3.63, 3.8) is 0 Å². The number of alkyl halides is 1. The van der Waals surface area contributed by atoms with Crippen molar-refractivity contribution in [2.75, 3.05) is 18.9 Å². The van der Waals surface area contributed by atoms with Crippen LogP contribution >= 0.6 is 15.6 Å². The summed E-state index contributed by atoms with van der Waals surface area (Å²) in [6, 6.07) is 0. The van der Waals surface area contributed by atoms with Crippen LogP contribution in [0, 0.1) is 0 Å². The van der Waals surface area contributed by atoms with Gasteiger partial charge in [0.2, 0.25) is 5.78 Å². The first-order chi connectivity index (χ1) is 22.4. The molecule has 0 saturated carbocycles. The summed E-state index contributed by atoms with van der Waals surface area (Å²) in [7, 11) is -10.3. The van der Waals surface area contributed by atoms with Crippen LogP contribution < -0.4 is 11.3 Å². The number of aliphatic hydroxyl groups excluding tert-OH is 1. The summed E-state index contributed by atoms with van der Waals surface area (Å²) in [6.45, 7) is -1.74. The van der Waals surface area contributed by atoms with E-state index in [-0.39, 0.29) is 33.9 Å². The molecule has 3 aliphatic rings. The SMILES string of the molecule is Nc1ncnc2c1ncn2[C@@H]1O[C@@H]2COP(=O)(O)O[C@@H]3[C@H](O)[C@@H](COP(=O)(O)O[C@H]2[C@H]1F)O[C@H]3n1cnc2c(=O)[nH]c3nccn3c21. The molecule has 0 radical (unpaired) electrons. The fraction of sp³-hybridized carbons (Fsp3) is 0.455. The van der Waals surface area contributed by atoms with Crippen LogP contribution in [0.5, 0.6) is 0 Å². The fourth-order valence-corrected chi connectivity index (χ4v) is 7.69. The maximum absolute atomic E-state index is 15.9. The maximum atomic E-state index is 15.9. The lowest BCUT2D eigenvalue weighted by Crippen LogP contribution is -2.35. The lowest BCUT2D eigenvalue weighted by molar-refractivity contribution is -0.0671. The van der Waals surface area contributed by atoms with Crippen LogP contribution in [0.15, 0.2) is 36.2 Å². The molecule has 0 amide bonds. The third-order valence-corrected chi connectivity index (χ3v) is 9.88. The standard InChI is InChI=1S/C22H23FN10O12P2/c23-10-14-9(43-20(10)32-6-28-11-16(24)26-5-27-17(11)32)4-41-47(38,39)45-15-13(34)8(3-40-46(36,37)44-14)42-21(15)33-7-29-12-18(35)30-22-25-1-2-31(22)19(12)33/h1-2,5-10,13-15,20-21,34H,3-4H2,(H,36,37)(H,38,39)(H2,24,26,27)(H,25,30,35)/t8-,9-,10-,13-,14-,15-,20-,21-/m1/s1. The first kappa shape index (κ1) is 30.6. The van der Waals surface area contributed by atoms with Crippen molar-refractivity contribution in [2.45, 2.75) is 49.1 Å². The van der Waals surface area contributed by atoms with E-state index in [1.54, 1.807) is 0 Å². The molecule has 10 atom stereocenters. The highest BCUT2D eigenvalue weighted by molar-refractivity contribution is 7.47. The maximum Gasteiger partial charge on any atom is 0.472 e. The van der Waals surface area contributed by atoms with Crippen LogP contribution in [-0.2, 0) is 36.7 Å². The van der Waals surface area contributed by atoms with E-state index >= 15 is 4.39 Å². The van der Waals surface area contributed by atoms with Crippen molar-refractivity contribution in [2.24, 2.45) is 0 Å². The molecular weight excluding hydrogens is 677 g/mol. The first-order valence-electron chi connectivity index (χ1n) is 13.7. The van der Waals surface area contributed by atoms with Crippen LogP contribution in [0.2, 0.25) is 0 Å². The molecule has 250 valence electrons. The monoisotopic (exact) mass is 700 g/mol. The number of fused-ring (bicyclic) bond motifs is 7. The number of ether oxygens (including phenoxy) is 2. The Kier molecular flexibility index (Phi) is 7.10. The summed E-state index contributed by atoms with van der Waals surface area (Å²) in [4.78, 5) is 56.6. The number of phosphoric acid groups is 2. The molecule has 3 aliphatic heterocycles. The highest BCUT2D eigenvalue weighted by Crippen LogP contribution is 2.54. The zero-order valence-electron chi connectivity index (χ0n) is 23.4. The van der Waals surface area contributed by atoms with Gasteiger partial charge in [0.15, 0.2) is 41.3 Å². The first-order valence-corrected chi connectivity index (χ1v) is 16.7. The topological polar surface area (TPSA) is 288 Å². The number of aromatic amines is 1. The Bertz CT molecular complexity index is 2170. The molecule has 2 unspecified atom stereocenters. The van der Waals surface area contributed by atoms with E-state index in [9.17, 15) is 28.8 Å². The smallest absolute Gasteiger partial charge is 0.387 e. The Balaban J connectivity index is 1.13. The van der Waals surface area contributed by atoms with Gasteiger partial charge in [-0.3, -0.25) is 41.4 Å². The van der Waals surface area contributed by atoms with Crippen LogP contribution in [-0.4, -0.2) is 108 Å². The van der Waals surface area contributed by atoms with Crippen LogP contribution in [0.3, 0.4) is 0 Å². The summed E-state index contributed by atoms with van der Waals surface area (Å²) in [5.74, 6) is 0.130. The number of nitrogens with zero attached hydrogens (tertiary/aromatic N) is 8. The molecule has 22 nitrogen and oxygen atoms in total. The van der Waals surface area contributed by atoms with Crippen molar-refractivity contribution in [3.05, 3.63) is 41.7 Å². The zero-order valence-corrected chi connectivity index (χ0v) is 25.2. The number of phosphoric ester groups is 2. The summed E-state index contributed by atoms with van der Waals surface area (Å²) < 4.78 is 78.6. The molecule has 3 saturated heterocycles. The minimum absolute atomic E-state index is 0.00167. The van der Waals surface area contributed by atoms with E-state index in [1.807, 2.05) is 0 Å². The van der Waals surface area contributed by atoms with E-state index in [4.69, 9.17) is 33.3 Å². The van der Waals surface area contributed by atoms with Gasteiger partial charge in [0.25, 0.3) is 5.56 Å². The normalized spacial score (nSPS) is 36.8. The summed E-state index contributed by atoms with van der Waals surface area (Å²) in [5.41, 5.74) is 5.44. The number of hydrogen-bond donors (Lipinski definition) is 5. The Hall–Kier alpha value is -3.73. The van der Waals surface area contributed by atoms with Gasteiger partial charge in [0, 0.05) is 12.4 Å². The number of imidazole rings is 3. The molecule has 0 spiro atoms. The highest BCUT2D eigenvalue weighted by Gasteiger charge is 2.54. The predicted molar refractivity (Wildman–Crippen MR) is 149 cm³/mol. The van der Waals surface area contributed by atoms with E-state index in [2.05, 4.69) is 29.9 Å². The Labute approximate surface area is 259 Å². The second kappa shape index (κ2) is 10.9. The summed E-state index contributed by atoms with van der Waals surface area (Å²) in [5, 5.41) is 11.1.